The lowest BCUT2D eigenvalue weighted by Crippen LogP contribution is -2.41. The van der Waals surface area contributed by atoms with Gasteiger partial charge in [0.1, 0.15) is 16.9 Å². The van der Waals surface area contributed by atoms with Crippen molar-refractivity contribution in [3.63, 3.8) is 0 Å². The molecule has 0 atom stereocenters. The molecule has 1 saturated heterocycles. The summed E-state index contributed by atoms with van der Waals surface area (Å²) in [5.74, 6) is 0.105. The molecule has 1 amide bonds. The van der Waals surface area contributed by atoms with Gasteiger partial charge in [-0.1, -0.05) is 35.9 Å². The van der Waals surface area contributed by atoms with Gasteiger partial charge in [0.15, 0.2) is 0 Å². The SMILES string of the molecule is COc1cc2c(cc1NC(=O)C1CCN(S(=O)(=O)c3ccc(C)cc3)CC1)oc1ccccc12. The lowest BCUT2D eigenvalue weighted by molar-refractivity contribution is -0.120. The molecule has 3 aromatic carbocycles. The summed E-state index contributed by atoms with van der Waals surface area (Å²) < 4.78 is 38.8. The molecule has 0 radical (unpaired) electrons. The maximum absolute atomic E-state index is 13.0. The smallest absolute Gasteiger partial charge is 0.243 e. The topological polar surface area (TPSA) is 88.9 Å². The predicted octanol–water partition coefficient (Wildman–Crippen LogP) is 4.94. The van der Waals surface area contributed by atoms with Crippen molar-refractivity contribution in [1.82, 2.24) is 4.31 Å². The number of benzene rings is 3. The lowest BCUT2D eigenvalue weighted by Gasteiger charge is -2.30. The van der Waals surface area contributed by atoms with Gasteiger partial charge in [-0.05, 0) is 44.0 Å². The van der Waals surface area contributed by atoms with E-state index in [2.05, 4.69) is 5.32 Å². The number of rotatable bonds is 5. The zero-order valence-electron chi connectivity index (χ0n) is 19.1. The molecule has 1 fully saturated rings. The molecule has 0 spiro atoms. The van der Waals surface area contributed by atoms with E-state index in [-0.39, 0.29) is 16.7 Å². The van der Waals surface area contributed by atoms with Gasteiger partial charge in [0.25, 0.3) is 0 Å². The first-order valence-corrected chi connectivity index (χ1v) is 12.7. The second kappa shape index (κ2) is 8.77. The second-order valence-corrected chi connectivity index (χ2v) is 10.6. The van der Waals surface area contributed by atoms with Crippen LogP contribution in [0.5, 0.6) is 5.75 Å². The van der Waals surface area contributed by atoms with Crippen molar-refractivity contribution >= 4 is 43.6 Å². The number of hydrogen-bond donors (Lipinski definition) is 1. The Labute approximate surface area is 198 Å². The minimum atomic E-state index is -3.57. The molecule has 2 heterocycles. The highest BCUT2D eigenvalue weighted by atomic mass is 32.2. The van der Waals surface area contributed by atoms with E-state index in [0.29, 0.717) is 43.0 Å². The van der Waals surface area contributed by atoms with Crippen LogP contribution in [0.3, 0.4) is 0 Å². The average Bonchev–Trinajstić information content (AvgIpc) is 3.21. The number of amides is 1. The van der Waals surface area contributed by atoms with Crippen LogP contribution in [0.4, 0.5) is 5.69 Å². The zero-order valence-corrected chi connectivity index (χ0v) is 19.9. The molecule has 4 aromatic rings. The minimum absolute atomic E-state index is 0.152. The van der Waals surface area contributed by atoms with Gasteiger partial charge in [-0.2, -0.15) is 4.31 Å². The summed E-state index contributed by atoms with van der Waals surface area (Å²) in [7, 11) is -2.00. The third kappa shape index (κ3) is 4.03. The number of fused-ring (bicyclic) bond motifs is 3. The first-order valence-electron chi connectivity index (χ1n) is 11.2. The lowest BCUT2D eigenvalue weighted by atomic mass is 9.97. The molecular formula is C26H26N2O5S. The number of hydrogen-bond acceptors (Lipinski definition) is 5. The van der Waals surface area contributed by atoms with Crippen molar-refractivity contribution in [2.24, 2.45) is 5.92 Å². The van der Waals surface area contributed by atoms with Crippen molar-refractivity contribution < 1.29 is 22.4 Å². The summed E-state index contributed by atoms with van der Waals surface area (Å²) in [5.41, 5.74) is 2.97. The second-order valence-electron chi connectivity index (χ2n) is 8.63. The van der Waals surface area contributed by atoms with Crippen molar-refractivity contribution in [2.75, 3.05) is 25.5 Å². The molecule has 0 saturated carbocycles. The fourth-order valence-electron chi connectivity index (χ4n) is 4.47. The number of para-hydroxylation sites is 1. The van der Waals surface area contributed by atoms with Gasteiger partial charge in [-0.15, -0.1) is 0 Å². The highest BCUT2D eigenvalue weighted by molar-refractivity contribution is 7.89. The third-order valence-electron chi connectivity index (χ3n) is 6.44. The molecule has 1 N–H and O–H groups in total. The molecule has 7 nitrogen and oxygen atoms in total. The highest BCUT2D eigenvalue weighted by Gasteiger charge is 2.32. The summed E-state index contributed by atoms with van der Waals surface area (Å²) in [6.07, 6.45) is 0.901. The van der Waals surface area contributed by atoms with Crippen LogP contribution in [-0.4, -0.2) is 38.8 Å². The van der Waals surface area contributed by atoms with Crippen molar-refractivity contribution in [3.05, 3.63) is 66.2 Å². The zero-order chi connectivity index (χ0) is 23.9. The summed E-state index contributed by atoms with van der Waals surface area (Å²) in [6.45, 7) is 2.52. The Balaban J connectivity index is 1.31. The Morgan fingerprint density at radius 1 is 1.00 bits per heavy atom. The van der Waals surface area contributed by atoms with Crippen molar-refractivity contribution in [3.8, 4) is 5.75 Å². The number of nitrogens with one attached hydrogen (secondary N) is 1. The molecular weight excluding hydrogens is 452 g/mol. The molecule has 34 heavy (non-hydrogen) atoms. The van der Waals surface area contributed by atoms with Crippen LogP contribution < -0.4 is 10.1 Å². The summed E-state index contributed by atoms with van der Waals surface area (Å²) in [6, 6.07) is 18.2. The Morgan fingerprint density at radius 2 is 1.71 bits per heavy atom. The molecule has 5 rings (SSSR count). The van der Waals surface area contributed by atoms with Gasteiger partial charge in [0.05, 0.1) is 17.7 Å². The summed E-state index contributed by atoms with van der Waals surface area (Å²) >= 11 is 0. The van der Waals surface area contributed by atoms with Crippen LogP contribution in [-0.2, 0) is 14.8 Å². The predicted molar refractivity (Wildman–Crippen MR) is 132 cm³/mol. The molecule has 0 unspecified atom stereocenters. The van der Waals surface area contributed by atoms with Crippen LogP contribution in [0.25, 0.3) is 21.9 Å². The van der Waals surface area contributed by atoms with Crippen molar-refractivity contribution in [2.45, 2.75) is 24.7 Å². The first-order chi connectivity index (χ1) is 16.4. The molecule has 176 valence electrons. The summed E-state index contributed by atoms with van der Waals surface area (Å²) in [4.78, 5) is 13.3. The normalized spacial score (nSPS) is 15.6. The van der Waals surface area contributed by atoms with Gasteiger partial charge in [0, 0.05) is 35.8 Å². The monoisotopic (exact) mass is 478 g/mol. The number of furan rings is 1. The van der Waals surface area contributed by atoms with E-state index in [1.54, 1.807) is 37.4 Å². The number of nitrogens with zero attached hydrogens (tertiary/aromatic N) is 1. The van der Waals surface area contributed by atoms with Crippen LogP contribution >= 0.6 is 0 Å². The molecule has 0 aliphatic carbocycles. The van der Waals surface area contributed by atoms with E-state index in [1.165, 1.54) is 4.31 Å². The Kier molecular flexibility index (Phi) is 5.79. The van der Waals surface area contributed by atoms with Crippen LogP contribution in [0.15, 0.2) is 70.0 Å². The van der Waals surface area contributed by atoms with Gasteiger partial charge >= 0.3 is 0 Å². The van der Waals surface area contributed by atoms with Gasteiger partial charge in [0.2, 0.25) is 15.9 Å². The Morgan fingerprint density at radius 3 is 2.41 bits per heavy atom. The number of carbonyl (C=O) groups excluding carboxylic acids is 1. The fraction of sp³-hybridized carbons (Fsp3) is 0.269. The van der Waals surface area contributed by atoms with E-state index in [1.807, 2.05) is 37.3 Å². The van der Waals surface area contributed by atoms with Gasteiger partial charge < -0.3 is 14.5 Å². The Hall–Kier alpha value is -3.36. The Bertz CT molecular complexity index is 1470. The van der Waals surface area contributed by atoms with E-state index >= 15 is 0 Å². The maximum atomic E-state index is 13.0. The van der Waals surface area contributed by atoms with Crippen LogP contribution in [0.2, 0.25) is 0 Å². The number of aryl methyl sites for hydroxylation is 1. The van der Waals surface area contributed by atoms with E-state index in [9.17, 15) is 13.2 Å². The van der Waals surface area contributed by atoms with E-state index in [0.717, 1.165) is 21.9 Å². The quantitative estimate of drug-likeness (QED) is 0.439. The number of sulfonamides is 1. The number of methoxy groups -OCH3 is 1. The van der Waals surface area contributed by atoms with Crippen LogP contribution in [0.1, 0.15) is 18.4 Å². The molecule has 8 heteroatoms. The third-order valence-corrected chi connectivity index (χ3v) is 8.35. The van der Waals surface area contributed by atoms with Gasteiger partial charge in [-0.3, -0.25) is 4.79 Å². The molecule has 1 aromatic heterocycles. The van der Waals surface area contributed by atoms with E-state index in [4.69, 9.17) is 9.15 Å². The molecule has 1 aliphatic rings. The van der Waals surface area contributed by atoms with Crippen LogP contribution in [0, 0.1) is 12.8 Å². The molecule has 1 aliphatic heterocycles. The summed E-state index contributed by atoms with van der Waals surface area (Å²) in [5, 5.41) is 4.87. The maximum Gasteiger partial charge on any atom is 0.243 e. The fourth-order valence-corrected chi connectivity index (χ4v) is 5.94. The van der Waals surface area contributed by atoms with Gasteiger partial charge in [-0.25, -0.2) is 8.42 Å². The molecule has 0 bridgehead atoms. The average molecular weight is 479 g/mol. The number of ether oxygens (including phenoxy) is 1. The van der Waals surface area contributed by atoms with Crippen molar-refractivity contribution in [1.29, 1.82) is 0 Å². The highest BCUT2D eigenvalue weighted by Crippen LogP contribution is 2.37. The standard InChI is InChI=1S/C26H26N2O5S/c1-17-7-9-19(10-8-17)34(30,31)28-13-11-18(12-14-28)26(29)27-22-16-24-21(15-25(22)32-2)20-5-3-4-6-23(20)33-24/h3-10,15-16,18H,11-14H2,1-2H3,(H,27,29). The van der Waals surface area contributed by atoms with E-state index < -0.39 is 10.0 Å². The number of anilines is 1. The minimum Gasteiger partial charge on any atom is -0.495 e. The first kappa shape index (κ1) is 22.4. The largest absolute Gasteiger partial charge is 0.495 e. The number of carbonyl (C=O) groups is 1. The number of piperidine rings is 1.